The molecule has 1 atom stereocenters. The number of aliphatic hydroxyl groups is 1. The van der Waals surface area contributed by atoms with E-state index in [0.29, 0.717) is 13.2 Å². The van der Waals surface area contributed by atoms with E-state index in [2.05, 4.69) is 24.1 Å². The molecular weight excluding hydrogens is 228 g/mol. The normalized spacial score (nSPS) is 13.2. The van der Waals surface area contributed by atoms with E-state index in [4.69, 9.17) is 4.74 Å². The van der Waals surface area contributed by atoms with Crippen LogP contribution in [0.25, 0.3) is 0 Å². The predicted molar refractivity (Wildman–Crippen MR) is 77.0 cm³/mol. The van der Waals surface area contributed by atoms with Crippen LogP contribution in [-0.2, 0) is 4.74 Å². The van der Waals surface area contributed by atoms with Gasteiger partial charge in [-0.1, -0.05) is 26.7 Å². The average Bonchev–Trinajstić information content (AvgIpc) is 2.38. The minimum Gasteiger partial charge on any atom is -0.390 e. The summed E-state index contributed by atoms with van der Waals surface area (Å²) in [4.78, 5) is 2.38. The van der Waals surface area contributed by atoms with Crippen molar-refractivity contribution in [3.63, 3.8) is 0 Å². The second kappa shape index (κ2) is 13.3. The van der Waals surface area contributed by atoms with Crippen LogP contribution in [0.5, 0.6) is 0 Å². The molecule has 0 aromatic rings. The molecule has 0 bridgehead atoms. The van der Waals surface area contributed by atoms with E-state index in [9.17, 15) is 5.11 Å². The fraction of sp³-hybridized carbons (Fsp3) is 1.00. The zero-order chi connectivity index (χ0) is 13.6. The Hall–Kier alpha value is -0.160. The third-order valence-electron chi connectivity index (χ3n) is 2.99. The van der Waals surface area contributed by atoms with Crippen LogP contribution in [0.4, 0.5) is 0 Å². The van der Waals surface area contributed by atoms with Crippen LogP contribution in [0.15, 0.2) is 0 Å². The smallest absolute Gasteiger partial charge is 0.0791 e. The maximum Gasteiger partial charge on any atom is 0.0791 e. The molecule has 1 unspecified atom stereocenters. The highest BCUT2D eigenvalue weighted by atomic mass is 16.5. The predicted octanol–water partition coefficient (Wildman–Crippen LogP) is 1.49. The zero-order valence-electron chi connectivity index (χ0n) is 12.5. The lowest BCUT2D eigenvalue weighted by Gasteiger charge is -2.25. The average molecular weight is 260 g/mol. The summed E-state index contributed by atoms with van der Waals surface area (Å²) in [5.41, 5.74) is 0. The number of ether oxygens (including phenoxy) is 1. The minimum atomic E-state index is -0.282. The number of hydrogen-bond donors (Lipinski definition) is 2. The van der Waals surface area contributed by atoms with Crippen molar-refractivity contribution < 1.29 is 9.84 Å². The molecule has 110 valence electrons. The quantitative estimate of drug-likeness (QED) is 0.492. The van der Waals surface area contributed by atoms with Gasteiger partial charge in [0.2, 0.25) is 0 Å². The molecule has 0 spiro atoms. The first-order valence-electron chi connectivity index (χ1n) is 7.34. The molecular formula is C14H32N2O2. The van der Waals surface area contributed by atoms with E-state index in [1.807, 2.05) is 0 Å². The largest absolute Gasteiger partial charge is 0.390 e. The van der Waals surface area contributed by atoms with Crippen molar-refractivity contribution in [2.24, 2.45) is 0 Å². The van der Waals surface area contributed by atoms with E-state index in [0.717, 1.165) is 26.2 Å². The minimum absolute atomic E-state index is 0.282. The second-order valence-corrected chi connectivity index (χ2v) is 4.86. The molecule has 4 nitrogen and oxygen atoms in total. The fourth-order valence-corrected chi connectivity index (χ4v) is 1.86. The standard InChI is InChI=1S/C14H32N2O2/c1-4-6-9-16(10-7-5-2)13-14(17)12-15-8-11-18-3/h14-15,17H,4-13H2,1-3H3. The van der Waals surface area contributed by atoms with Gasteiger partial charge in [0.1, 0.15) is 0 Å². The second-order valence-electron chi connectivity index (χ2n) is 4.86. The molecule has 0 aliphatic heterocycles. The number of hydrogen-bond acceptors (Lipinski definition) is 4. The molecule has 0 amide bonds. The Kier molecular flexibility index (Phi) is 13.2. The van der Waals surface area contributed by atoms with Crippen LogP contribution < -0.4 is 5.32 Å². The molecule has 18 heavy (non-hydrogen) atoms. The first kappa shape index (κ1) is 17.8. The number of unbranched alkanes of at least 4 members (excludes halogenated alkanes) is 2. The highest BCUT2D eigenvalue weighted by Gasteiger charge is 2.10. The molecule has 0 aromatic carbocycles. The van der Waals surface area contributed by atoms with Gasteiger partial charge in [0.25, 0.3) is 0 Å². The Morgan fingerprint density at radius 1 is 1.17 bits per heavy atom. The van der Waals surface area contributed by atoms with Crippen molar-refractivity contribution in [2.45, 2.75) is 45.6 Å². The third-order valence-corrected chi connectivity index (χ3v) is 2.99. The number of rotatable bonds is 13. The van der Waals surface area contributed by atoms with Crippen molar-refractivity contribution in [1.29, 1.82) is 0 Å². The first-order valence-corrected chi connectivity index (χ1v) is 7.34. The lowest BCUT2D eigenvalue weighted by atomic mass is 10.2. The van der Waals surface area contributed by atoms with Crippen molar-refractivity contribution >= 4 is 0 Å². The summed E-state index contributed by atoms with van der Waals surface area (Å²) in [6.45, 7) is 9.55. The maximum atomic E-state index is 9.97. The summed E-state index contributed by atoms with van der Waals surface area (Å²) in [7, 11) is 1.69. The molecule has 0 aliphatic rings. The zero-order valence-corrected chi connectivity index (χ0v) is 12.5. The van der Waals surface area contributed by atoms with Crippen LogP contribution >= 0.6 is 0 Å². The summed E-state index contributed by atoms with van der Waals surface area (Å²) in [6, 6.07) is 0. The summed E-state index contributed by atoms with van der Waals surface area (Å²) in [5.74, 6) is 0. The molecule has 0 aliphatic carbocycles. The first-order chi connectivity index (χ1) is 8.74. The number of nitrogens with one attached hydrogen (secondary N) is 1. The molecule has 0 saturated heterocycles. The van der Waals surface area contributed by atoms with Crippen molar-refractivity contribution in [2.75, 3.05) is 46.4 Å². The Morgan fingerprint density at radius 3 is 2.28 bits per heavy atom. The third kappa shape index (κ3) is 11.0. The van der Waals surface area contributed by atoms with Crippen LogP contribution in [0.1, 0.15) is 39.5 Å². The Bertz CT molecular complexity index is 160. The highest BCUT2D eigenvalue weighted by molar-refractivity contribution is 4.67. The molecule has 0 saturated carbocycles. The van der Waals surface area contributed by atoms with Gasteiger partial charge in [-0.3, -0.25) is 0 Å². The van der Waals surface area contributed by atoms with Gasteiger partial charge in [0.05, 0.1) is 12.7 Å². The van der Waals surface area contributed by atoms with Gasteiger partial charge in [0.15, 0.2) is 0 Å². The van der Waals surface area contributed by atoms with Crippen LogP contribution in [-0.4, -0.2) is 62.6 Å². The van der Waals surface area contributed by atoms with Crippen LogP contribution in [0.3, 0.4) is 0 Å². The Labute approximate surface area is 113 Å². The van der Waals surface area contributed by atoms with Gasteiger partial charge in [-0.05, 0) is 25.9 Å². The topological polar surface area (TPSA) is 44.7 Å². The Morgan fingerprint density at radius 2 is 1.78 bits per heavy atom. The van der Waals surface area contributed by atoms with E-state index in [-0.39, 0.29) is 6.10 Å². The molecule has 0 radical (unpaired) electrons. The molecule has 0 rings (SSSR count). The van der Waals surface area contributed by atoms with Gasteiger partial charge < -0.3 is 20.1 Å². The van der Waals surface area contributed by atoms with E-state index < -0.39 is 0 Å². The monoisotopic (exact) mass is 260 g/mol. The summed E-state index contributed by atoms with van der Waals surface area (Å²) >= 11 is 0. The Balaban J connectivity index is 3.74. The van der Waals surface area contributed by atoms with E-state index in [1.54, 1.807) is 7.11 Å². The lowest BCUT2D eigenvalue weighted by Crippen LogP contribution is -2.40. The molecule has 4 heteroatoms. The van der Waals surface area contributed by atoms with Gasteiger partial charge in [-0.15, -0.1) is 0 Å². The number of aliphatic hydroxyl groups excluding tert-OH is 1. The maximum absolute atomic E-state index is 9.97. The highest BCUT2D eigenvalue weighted by Crippen LogP contribution is 2.00. The van der Waals surface area contributed by atoms with Crippen molar-refractivity contribution in [3.05, 3.63) is 0 Å². The summed E-state index contributed by atoms with van der Waals surface area (Å²) < 4.78 is 4.96. The van der Waals surface area contributed by atoms with Gasteiger partial charge in [-0.2, -0.15) is 0 Å². The summed E-state index contributed by atoms with van der Waals surface area (Å²) in [5, 5.41) is 13.2. The van der Waals surface area contributed by atoms with Crippen LogP contribution in [0.2, 0.25) is 0 Å². The number of methoxy groups -OCH3 is 1. The molecule has 0 aromatic heterocycles. The van der Waals surface area contributed by atoms with Gasteiger partial charge >= 0.3 is 0 Å². The molecule has 0 heterocycles. The SMILES string of the molecule is CCCCN(CCCC)CC(O)CNCCOC. The molecule has 2 N–H and O–H groups in total. The van der Waals surface area contributed by atoms with E-state index in [1.165, 1.54) is 25.7 Å². The van der Waals surface area contributed by atoms with Gasteiger partial charge in [0, 0.05) is 26.7 Å². The van der Waals surface area contributed by atoms with Crippen molar-refractivity contribution in [1.82, 2.24) is 10.2 Å². The summed E-state index contributed by atoms with van der Waals surface area (Å²) in [6.07, 6.45) is 4.58. The van der Waals surface area contributed by atoms with E-state index >= 15 is 0 Å². The van der Waals surface area contributed by atoms with Gasteiger partial charge in [-0.25, -0.2) is 0 Å². The van der Waals surface area contributed by atoms with Crippen LogP contribution in [0, 0.1) is 0 Å². The molecule has 0 fully saturated rings. The number of nitrogens with zero attached hydrogens (tertiary/aromatic N) is 1. The van der Waals surface area contributed by atoms with Crippen molar-refractivity contribution in [3.8, 4) is 0 Å². The fourth-order valence-electron chi connectivity index (χ4n) is 1.86. The lowest BCUT2D eigenvalue weighted by molar-refractivity contribution is 0.106.